The fourth-order valence-electron chi connectivity index (χ4n) is 1.96. The maximum Gasteiger partial charge on any atom is 0.0409 e. The summed E-state index contributed by atoms with van der Waals surface area (Å²) in [5.74, 6) is 0. The van der Waals surface area contributed by atoms with Gasteiger partial charge in [0, 0.05) is 30.0 Å². The Balaban J connectivity index is 2.02. The van der Waals surface area contributed by atoms with Crippen LogP contribution in [0, 0.1) is 0 Å². The standard InChI is InChI=1S/C15H17ClN2/c1-2-15(13-4-3-5-14(16)10-13)18-11-12-6-8-17-9-7-12/h3-10,15,18H,2,11H2,1H3. The average molecular weight is 261 g/mol. The van der Waals surface area contributed by atoms with Gasteiger partial charge in [0.2, 0.25) is 0 Å². The van der Waals surface area contributed by atoms with Gasteiger partial charge in [-0.1, -0.05) is 30.7 Å². The van der Waals surface area contributed by atoms with Crippen LogP contribution in [0.3, 0.4) is 0 Å². The maximum atomic E-state index is 6.03. The number of hydrogen-bond donors (Lipinski definition) is 1. The van der Waals surface area contributed by atoms with Gasteiger partial charge in [0.05, 0.1) is 0 Å². The first-order chi connectivity index (χ1) is 8.79. The molecule has 0 bridgehead atoms. The second kappa shape index (κ2) is 6.53. The van der Waals surface area contributed by atoms with Crippen LogP contribution >= 0.6 is 11.6 Å². The van der Waals surface area contributed by atoms with E-state index in [0.29, 0.717) is 6.04 Å². The lowest BCUT2D eigenvalue weighted by Gasteiger charge is -2.17. The summed E-state index contributed by atoms with van der Waals surface area (Å²) >= 11 is 6.03. The minimum atomic E-state index is 0.330. The van der Waals surface area contributed by atoms with E-state index >= 15 is 0 Å². The SMILES string of the molecule is CCC(NCc1ccncc1)c1cccc(Cl)c1. The predicted molar refractivity (Wildman–Crippen MR) is 75.6 cm³/mol. The predicted octanol–water partition coefficient (Wildman–Crippen LogP) is 3.98. The number of nitrogens with zero attached hydrogens (tertiary/aromatic N) is 1. The Morgan fingerprint density at radius 2 is 2.00 bits per heavy atom. The highest BCUT2D eigenvalue weighted by atomic mass is 35.5. The smallest absolute Gasteiger partial charge is 0.0409 e. The summed E-state index contributed by atoms with van der Waals surface area (Å²) in [5, 5.41) is 4.33. The molecule has 0 radical (unpaired) electrons. The van der Waals surface area contributed by atoms with Crippen molar-refractivity contribution in [2.45, 2.75) is 25.9 Å². The van der Waals surface area contributed by atoms with Gasteiger partial charge < -0.3 is 5.32 Å². The van der Waals surface area contributed by atoms with Crippen molar-refractivity contribution in [3.63, 3.8) is 0 Å². The molecule has 1 aromatic carbocycles. The average Bonchev–Trinajstić information content (AvgIpc) is 2.41. The van der Waals surface area contributed by atoms with Crippen molar-refractivity contribution >= 4 is 11.6 Å². The largest absolute Gasteiger partial charge is 0.306 e. The normalized spacial score (nSPS) is 12.3. The van der Waals surface area contributed by atoms with Gasteiger partial charge in [-0.25, -0.2) is 0 Å². The van der Waals surface area contributed by atoms with E-state index in [2.05, 4.69) is 23.3 Å². The molecule has 2 nitrogen and oxygen atoms in total. The van der Waals surface area contributed by atoms with E-state index in [1.165, 1.54) is 11.1 Å². The van der Waals surface area contributed by atoms with E-state index in [9.17, 15) is 0 Å². The molecule has 1 unspecified atom stereocenters. The zero-order chi connectivity index (χ0) is 12.8. The summed E-state index contributed by atoms with van der Waals surface area (Å²) in [6, 6.07) is 12.4. The molecule has 18 heavy (non-hydrogen) atoms. The molecule has 2 aromatic rings. The van der Waals surface area contributed by atoms with Crippen molar-refractivity contribution in [3.8, 4) is 0 Å². The fourth-order valence-corrected chi connectivity index (χ4v) is 2.16. The number of rotatable bonds is 5. The molecule has 0 saturated carbocycles. The number of halogens is 1. The lowest BCUT2D eigenvalue weighted by Crippen LogP contribution is -2.20. The molecule has 0 fully saturated rings. The van der Waals surface area contributed by atoms with E-state index in [1.807, 2.05) is 42.7 Å². The van der Waals surface area contributed by atoms with Crippen molar-refractivity contribution in [2.24, 2.45) is 0 Å². The van der Waals surface area contributed by atoms with E-state index in [1.54, 1.807) is 0 Å². The Hall–Kier alpha value is -1.38. The van der Waals surface area contributed by atoms with Crippen molar-refractivity contribution in [2.75, 3.05) is 0 Å². The molecule has 1 N–H and O–H groups in total. The Bertz CT molecular complexity index is 485. The number of pyridine rings is 1. The van der Waals surface area contributed by atoms with Crippen molar-refractivity contribution in [1.82, 2.24) is 10.3 Å². The second-order valence-corrected chi connectivity index (χ2v) is 4.69. The van der Waals surface area contributed by atoms with Gasteiger partial charge in [0.15, 0.2) is 0 Å². The molecular formula is C15H17ClN2. The van der Waals surface area contributed by atoms with Crippen LogP contribution in [0.1, 0.15) is 30.5 Å². The van der Waals surface area contributed by atoms with E-state index in [4.69, 9.17) is 11.6 Å². The molecule has 94 valence electrons. The Morgan fingerprint density at radius 1 is 1.22 bits per heavy atom. The Kier molecular flexibility index (Phi) is 4.73. The van der Waals surface area contributed by atoms with Crippen LogP contribution in [0.4, 0.5) is 0 Å². The molecule has 0 spiro atoms. The summed E-state index contributed by atoms with van der Waals surface area (Å²) in [5.41, 5.74) is 2.48. The van der Waals surface area contributed by atoms with Gasteiger partial charge in [0.25, 0.3) is 0 Å². The van der Waals surface area contributed by atoms with Crippen LogP contribution in [0.15, 0.2) is 48.8 Å². The van der Waals surface area contributed by atoms with Crippen LogP contribution in [0.2, 0.25) is 5.02 Å². The van der Waals surface area contributed by atoms with Crippen LogP contribution in [0.5, 0.6) is 0 Å². The maximum absolute atomic E-state index is 6.03. The summed E-state index contributed by atoms with van der Waals surface area (Å²) in [4.78, 5) is 4.02. The van der Waals surface area contributed by atoms with Crippen molar-refractivity contribution in [1.29, 1.82) is 0 Å². The highest BCUT2D eigenvalue weighted by Gasteiger charge is 2.08. The van der Waals surface area contributed by atoms with Crippen LogP contribution in [-0.4, -0.2) is 4.98 Å². The Morgan fingerprint density at radius 3 is 2.67 bits per heavy atom. The van der Waals surface area contributed by atoms with Gasteiger partial charge in [-0.3, -0.25) is 4.98 Å². The first kappa shape index (κ1) is 13.1. The zero-order valence-corrected chi connectivity index (χ0v) is 11.2. The topological polar surface area (TPSA) is 24.9 Å². The van der Waals surface area contributed by atoms with Crippen LogP contribution in [0.25, 0.3) is 0 Å². The summed E-state index contributed by atoms with van der Waals surface area (Å²) in [6.07, 6.45) is 4.67. The monoisotopic (exact) mass is 260 g/mol. The van der Waals surface area contributed by atoms with E-state index < -0.39 is 0 Å². The quantitative estimate of drug-likeness (QED) is 0.880. The molecule has 1 heterocycles. The number of hydrogen-bond acceptors (Lipinski definition) is 2. The summed E-state index contributed by atoms with van der Waals surface area (Å²) in [7, 11) is 0. The molecule has 3 heteroatoms. The number of benzene rings is 1. The molecule has 0 amide bonds. The third-order valence-corrected chi connectivity index (χ3v) is 3.20. The van der Waals surface area contributed by atoms with E-state index in [0.717, 1.165) is 18.0 Å². The molecule has 0 aliphatic rings. The second-order valence-electron chi connectivity index (χ2n) is 4.25. The Labute approximate surface area is 113 Å². The first-order valence-electron chi connectivity index (χ1n) is 6.17. The number of aromatic nitrogens is 1. The van der Waals surface area contributed by atoms with Gasteiger partial charge >= 0.3 is 0 Å². The van der Waals surface area contributed by atoms with Crippen molar-refractivity contribution < 1.29 is 0 Å². The summed E-state index contributed by atoms with van der Waals surface area (Å²) in [6.45, 7) is 3.01. The number of nitrogens with one attached hydrogen (secondary N) is 1. The molecule has 0 aliphatic carbocycles. The third kappa shape index (κ3) is 3.56. The van der Waals surface area contributed by atoms with Gasteiger partial charge in [-0.05, 0) is 41.8 Å². The van der Waals surface area contributed by atoms with Crippen molar-refractivity contribution in [3.05, 3.63) is 64.9 Å². The third-order valence-electron chi connectivity index (χ3n) is 2.96. The van der Waals surface area contributed by atoms with E-state index in [-0.39, 0.29) is 0 Å². The van der Waals surface area contributed by atoms with Crippen LogP contribution < -0.4 is 5.32 Å². The molecule has 2 rings (SSSR count). The van der Waals surface area contributed by atoms with Gasteiger partial charge in [-0.15, -0.1) is 0 Å². The van der Waals surface area contributed by atoms with Gasteiger partial charge in [-0.2, -0.15) is 0 Å². The zero-order valence-electron chi connectivity index (χ0n) is 10.4. The molecule has 1 atom stereocenters. The first-order valence-corrected chi connectivity index (χ1v) is 6.55. The minimum absolute atomic E-state index is 0.330. The minimum Gasteiger partial charge on any atom is -0.306 e. The fraction of sp³-hybridized carbons (Fsp3) is 0.267. The van der Waals surface area contributed by atoms with Gasteiger partial charge in [0.1, 0.15) is 0 Å². The summed E-state index contributed by atoms with van der Waals surface area (Å²) < 4.78 is 0. The lowest BCUT2D eigenvalue weighted by molar-refractivity contribution is 0.519. The molecule has 1 aromatic heterocycles. The van der Waals surface area contributed by atoms with Crippen LogP contribution in [-0.2, 0) is 6.54 Å². The lowest BCUT2D eigenvalue weighted by atomic mass is 10.0. The highest BCUT2D eigenvalue weighted by molar-refractivity contribution is 6.30. The molecular weight excluding hydrogens is 244 g/mol. The molecule has 0 aliphatic heterocycles. The molecule has 0 saturated heterocycles. The highest BCUT2D eigenvalue weighted by Crippen LogP contribution is 2.20.